The van der Waals surface area contributed by atoms with E-state index in [1.165, 1.54) is 0 Å². The number of allylic oxidation sites excluding steroid dienone is 2. The zero-order valence-corrected chi connectivity index (χ0v) is 19.4. The van der Waals surface area contributed by atoms with E-state index in [2.05, 4.69) is 41.8 Å². The van der Waals surface area contributed by atoms with Crippen molar-refractivity contribution < 1.29 is 0 Å². The largest absolute Gasteiger partial charge is 0.270 e. The monoisotopic (exact) mass is 482 g/mol. The smallest absolute Gasteiger partial charge is 0.253 e. The van der Waals surface area contributed by atoms with Crippen molar-refractivity contribution in [3.8, 4) is 34.4 Å². The second-order valence-electron chi connectivity index (χ2n) is 8.72. The van der Waals surface area contributed by atoms with Gasteiger partial charge in [-0.1, -0.05) is 0 Å². The van der Waals surface area contributed by atoms with Gasteiger partial charge in [-0.05, 0) is 80.9 Å². The van der Waals surface area contributed by atoms with Crippen LogP contribution in [0.2, 0.25) is 0 Å². The lowest BCUT2D eigenvalue weighted by molar-refractivity contribution is 1.29. The van der Waals surface area contributed by atoms with Gasteiger partial charge in [0.05, 0.1) is 47.3 Å². The molecule has 2 aliphatic carbocycles. The Morgan fingerprint density at radius 1 is 0.500 bits per heavy atom. The summed E-state index contributed by atoms with van der Waals surface area (Å²) in [6.07, 6.45) is 6.43. The summed E-state index contributed by atoms with van der Waals surface area (Å²) in [4.78, 5) is 24.8. The average molecular weight is 482 g/mol. The highest BCUT2D eigenvalue weighted by Gasteiger charge is 2.34. The SMILES string of the molecule is [C-]#[N+]C(C#N)=C1c2cc3c(cc2-c2cc4nccnc4cc21)C(=C(C#N)[N+]#[C-])c1cc2nccnc2cc1-3. The second kappa shape index (κ2) is 7.64. The third kappa shape index (κ3) is 2.69. The molecule has 2 aromatic heterocycles. The van der Waals surface area contributed by atoms with Gasteiger partial charge in [0.25, 0.3) is 11.4 Å². The maximum Gasteiger partial charge on any atom is 0.270 e. The minimum atomic E-state index is -0.0228. The van der Waals surface area contributed by atoms with Crippen LogP contribution < -0.4 is 0 Å². The predicted octanol–water partition coefficient (Wildman–Crippen LogP) is 5.94. The number of hydrogen-bond acceptors (Lipinski definition) is 6. The Balaban J connectivity index is 1.63. The number of aromatic nitrogens is 4. The quantitative estimate of drug-likeness (QED) is 0.196. The summed E-state index contributed by atoms with van der Waals surface area (Å²) in [5.74, 6) is 0. The number of nitriles is 2. The Morgan fingerprint density at radius 3 is 1.11 bits per heavy atom. The fourth-order valence-corrected chi connectivity index (χ4v) is 5.41. The number of nitrogens with zero attached hydrogens (tertiary/aromatic N) is 8. The van der Waals surface area contributed by atoms with Gasteiger partial charge in [0.1, 0.15) is 0 Å². The summed E-state index contributed by atoms with van der Waals surface area (Å²) in [7, 11) is 0. The fraction of sp³-hybridized carbons (Fsp3) is 0. The highest BCUT2D eigenvalue weighted by atomic mass is 14.8. The lowest BCUT2D eigenvalue weighted by atomic mass is 9.94. The first-order valence-corrected chi connectivity index (χ1v) is 11.4. The van der Waals surface area contributed by atoms with Gasteiger partial charge in [0.15, 0.2) is 0 Å². The molecule has 0 saturated heterocycles. The molecule has 5 aromatic rings. The number of benzene rings is 3. The summed E-state index contributed by atoms with van der Waals surface area (Å²) >= 11 is 0. The minimum absolute atomic E-state index is 0.0228. The van der Waals surface area contributed by atoms with Crippen LogP contribution in [0.3, 0.4) is 0 Å². The fourth-order valence-electron chi connectivity index (χ4n) is 5.41. The summed E-state index contributed by atoms with van der Waals surface area (Å²) < 4.78 is 0. The standard InChI is InChI=1S/C30H10N8/c1-33-27(13-31)29-19-7-16-18-10-24-26(38-6-4-36-24)12-22(18)30(28(14-32)34-2)20(16)8-15(19)17-9-23-25(11-21(17)29)37-5-3-35-23/h3-12H. The van der Waals surface area contributed by atoms with E-state index in [0.717, 1.165) is 44.5 Å². The van der Waals surface area contributed by atoms with Crippen LogP contribution in [0.5, 0.6) is 0 Å². The Labute approximate surface area is 215 Å². The molecule has 0 fully saturated rings. The van der Waals surface area contributed by atoms with Crippen LogP contribution >= 0.6 is 0 Å². The molecular formula is C30H10N8. The van der Waals surface area contributed by atoms with Crippen molar-refractivity contribution in [3.05, 3.63) is 118 Å². The molecule has 3 aromatic carbocycles. The lowest BCUT2D eigenvalue weighted by Crippen LogP contribution is -1.89. The maximum atomic E-state index is 9.86. The summed E-state index contributed by atoms with van der Waals surface area (Å²) in [5.41, 5.74) is 9.83. The van der Waals surface area contributed by atoms with Gasteiger partial charge in [-0.25, -0.2) is 20.2 Å². The molecule has 0 bridgehead atoms. The van der Waals surface area contributed by atoms with E-state index in [0.29, 0.717) is 33.2 Å². The van der Waals surface area contributed by atoms with Gasteiger partial charge in [-0.3, -0.25) is 19.9 Å². The molecule has 0 aliphatic heterocycles. The van der Waals surface area contributed by atoms with Gasteiger partial charge in [0.2, 0.25) is 0 Å². The average Bonchev–Trinajstić information content (AvgIpc) is 3.42. The van der Waals surface area contributed by atoms with Crippen LogP contribution in [0.15, 0.2) is 72.6 Å². The molecule has 170 valence electrons. The molecule has 7 rings (SSSR count). The van der Waals surface area contributed by atoms with Crippen LogP contribution in [0.4, 0.5) is 0 Å². The Bertz CT molecular complexity index is 1990. The molecule has 2 aliphatic rings. The first-order valence-electron chi connectivity index (χ1n) is 11.4. The van der Waals surface area contributed by atoms with Gasteiger partial charge < -0.3 is 0 Å². The zero-order valence-electron chi connectivity index (χ0n) is 19.4. The van der Waals surface area contributed by atoms with Gasteiger partial charge in [0, 0.05) is 35.9 Å². The zero-order chi connectivity index (χ0) is 26.0. The van der Waals surface area contributed by atoms with Crippen LogP contribution in [0.1, 0.15) is 22.3 Å². The van der Waals surface area contributed by atoms with E-state index < -0.39 is 0 Å². The van der Waals surface area contributed by atoms with E-state index in [1.54, 1.807) is 24.8 Å². The van der Waals surface area contributed by atoms with Crippen LogP contribution in [0, 0.1) is 35.8 Å². The topological polar surface area (TPSA) is 108 Å². The Hall–Kier alpha value is -6.22. The van der Waals surface area contributed by atoms with Crippen molar-refractivity contribution in [3.63, 3.8) is 0 Å². The molecule has 0 saturated carbocycles. The van der Waals surface area contributed by atoms with Crippen LogP contribution in [-0.2, 0) is 0 Å². The van der Waals surface area contributed by atoms with E-state index >= 15 is 0 Å². The third-order valence-electron chi connectivity index (χ3n) is 6.94. The molecule has 0 spiro atoms. The number of fused-ring (bicyclic) bond motifs is 8. The van der Waals surface area contributed by atoms with Crippen LogP contribution in [0.25, 0.3) is 65.2 Å². The van der Waals surface area contributed by atoms with Gasteiger partial charge in [-0.15, -0.1) is 0 Å². The van der Waals surface area contributed by atoms with Crippen molar-refractivity contribution in [1.82, 2.24) is 19.9 Å². The molecule has 0 amide bonds. The van der Waals surface area contributed by atoms with Crippen molar-refractivity contribution in [2.45, 2.75) is 0 Å². The molecule has 0 radical (unpaired) electrons. The summed E-state index contributed by atoms with van der Waals surface area (Å²) in [6.45, 7) is 15.4. The van der Waals surface area contributed by atoms with Crippen molar-refractivity contribution in [2.75, 3.05) is 0 Å². The normalized spacial score (nSPS) is 14.8. The Morgan fingerprint density at radius 2 is 0.789 bits per heavy atom. The molecule has 2 heterocycles. The van der Waals surface area contributed by atoms with Gasteiger partial charge >= 0.3 is 0 Å². The molecular weight excluding hydrogens is 472 g/mol. The highest BCUT2D eigenvalue weighted by molar-refractivity contribution is 6.13. The minimum Gasteiger partial charge on any atom is -0.253 e. The van der Waals surface area contributed by atoms with Gasteiger partial charge in [-0.2, -0.15) is 0 Å². The second-order valence-corrected chi connectivity index (χ2v) is 8.72. The molecule has 8 heteroatoms. The summed E-state index contributed by atoms with van der Waals surface area (Å²) in [5, 5.41) is 19.7. The molecule has 0 N–H and O–H groups in total. The predicted molar refractivity (Wildman–Crippen MR) is 140 cm³/mol. The summed E-state index contributed by atoms with van der Waals surface area (Å²) in [6, 6.07) is 15.5. The third-order valence-corrected chi connectivity index (χ3v) is 6.94. The van der Waals surface area contributed by atoms with Crippen LogP contribution in [-0.4, -0.2) is 19.9 Å². The Kier molecular flexibility index (Phi) is 4.24. The number of rotatable bonds is 0. The van der Waals surface area contributed by atoms with E-state index in [1.807, 2.05) is 36.4 Å². The van der Waals surface area contributed by atoms with Crippen molar-refractivity contribution in [1.29, 1.82) is 10.5 Å². The highest BCUT2D eigenvalue weighted by Crippen LogP contribution is 2.54. The maximum absolute atomic E-state index is 9.86. The molecule has 0 atom stereocenters. The van der Waals surface area contributed by atoms with E-state index in [-0.39, 0.29) is 11.4 Å². The first kappa shape index (κ1) is 21.1. The lowest BCUT2D eigenvalue weighted by Gasteiger charge is -2.09. The first-order chi connectivity index (χ1) is 18.7. The van der Waals surface area contributed by atoms with Crippen molar-refractivity contribution in [2.24, 2.45) is 0 Å². The van der Waals surface area contributed by atoms with Crippen molar-refractivity contribution >= 4 is 33.2 Å². The van der Waals surface area contributed by atoms with E-state index in [9.17, 15) is 10.5 Å². The van der Waals surface area contributed by atoms with E-state index in [4.69, 9.17) is 13.1 Å². The molecule has 0 unspecified atom stereocenters. The number of hydrogen-bond donors (Lipinski definition) is 0. The molecule has 8 nitrogen and oxygen atoms in total. The molecule has 38 heavy (non-hydrogen) atoms.